The minimum atomic E-state index is -1.89. The monoisotopic (exact) mass is 1090 g/mol. The Morgan fingerprint density at radius 1 is 0.553 bits per heavy atom. The average Bonchev–Trinajstić information content (AvgIpc) is 3.43. The highest BCUT2D eigenvalue weighted by atomic mass is 17.2. The van der Waals surface area contributed by atoms with Gasteiger partial charge >= 0.3 is 23.9 Å². The van der Waals surface area contributed by atoms with Crippen LogP contribution in [0.5, 0.6) is 5.75 Å². The highest BCUT2D eigenvalue weighted by Crippen LogP contribution is 2.38. The maximum atomic E-state index is 13.4. The van der Waals surface area contributed by atoms with Crippen molar-refractivity contribution in [1.82, 2.24) is 0 Å². The number of hydrogen-bond acceptors (Lipinski definition) is 28. The number of carbonyl (C=O) groups excluding carboxylic acids is 4. The van der Waals surface area contributed by atoms with Crippen molar-refractivity contribution in [2.45, 2.75) is 138 Å². The topological polar surface area (TPSA) is 411 Å². The minimum Gasteiger partial charge on any atom is -0.468 e. The Hall–Kier alpha value is -5.22. The molecule has 0 amide bonds. The maximum absolute atomic E-state index is 13.4. The van der Waals surface area contributed by atoms with E-state index in [1.165, 1.54) is 31.2 Å². The molecule has 6 rings (SSSR count). The first-order valence-corrected chi connectivity index (χ1v) is 23.9. The number of hydrogen-bond donors (Lipinski definition) is 11. The maximum Gasteiger partial charge on any atom is 0.337 e. The van der Waals surface area contributed by atoms with E-state index in [2.05, 4.69) is 0 Å². The molecule has 424 valence electrons. The van der Waals surface area contributed by atoms with E-state index in [0.717, 1.165) is 26.7 Å². The molecular weight excluding hydrogens is 1020 g/mol. The molecule has 0 spiro atoms. The van der Waals surface area contributed by atoms with E-state index in [4.69, 9.17) is 61.9 Å². The predicted octanol–water partition coefficient (Wildman–Crippen LogP) is -4.20. The van der Waals surface area contributed by atoms with E-state index in [-0.39, 0.29) is 41.1 Å². The third kappa shape index (κ3) is 13.9. The molecule has 76 heavy (non-hydrogen) atoms. The fraction of sp³-hybridized carbons (Fsp3) is 0.625. The molecule has 0 unspecified atom stereocenters. The Bertz CT molecular complexity index is 2250. The highest BCUT2D eigenvalue weighted by Gasteiger charge is 2.50. The first-order valence-electron chi connectivity index (χ1n) is 23.9. The van der Waals surface area contributed by atoms with Crippen LogP contribution >= 0.6 is 0 Å². The van der Waals surface area contributed by atoms with Crippen molar-refractivity contribution in [2.24, 2.45) is 11.8 Å². The van der Waals surface area contributed by atoms with Gasteiger partial charge in [-0.15, -0.1) is 0 Å². The Balaban J connectivity index is 0.991. The molecule has 28 heteroatoms. The molecule has 0 aliphatic carbocycles. The molecule has 0 bridgehead atoms. The van der Waals surface area contributed by atoms with Crippen LogP contribution < -0.4 is 4.89 Å². The van der Waals surface area contributed by atoms with Crippen LogP contribution in [0.25, 0.3) is 0 Å². The zero-order chi connectivity index (χ0) is 55.5. The number of benzene rings is 1. The van der Waals surface area contributed by atoms with Gasteiger partial charge < -0.3 is 113 Å². The van der Waals surface area contributed by atoms with Crippen LogP contribution in [0.4, 0.5) is 0 Å². The van der Waals surface area contributed by atoms with Gasteiger partial charge in [-0.2, -0.15) is 4.89 Å². The quantitative estimate of drug-likeness (QED) is 0.0194. The Kier molecular flexibility index (Phi) is 21.6. The summed E-state index contributed by atoms with van der Waals surface area (Å²) in [5.74, 6) is -5.51. The second-order valence-electron chi connectivity index (χ2n) is 17.8. The third-order valence-corrected chi connectivity index (χ3v) is 13.1. The van der Waals surface area contributed by atoms with E-state index in [1.54, 1.807) is 19.1 Å². The summed E-state index contributed by atoms with van der Waals surface area (Å²) in [4.78, 5) is 62.6. The first-order chi connectivity index (χ1) is 36.3. The van der Waals surface area contributed by atoms with Crippen LogP contribution in [0.15, 0.2) is 71.2 Å². The normalized spacial score (nSPS) is 36.7. The fourth-order valence-electron chi connectivity index (χ4n) is 8.71. The molecular formula is C48H64O28. The number of ether oxygens (including phenoxy) is 11. The van der Waals surface area contributed by atoms with E-state index in [0.29, 0.717) is 5.56 Å². The van der Waals surface area contributed by atoms with Gasteiger partial charge in [0.25, 0.3) is 0 Å². The molecule has 1 aromatic rings. The van der Waals surface area contributed by atoms with Crippen molar-refractivity contribution >= 4 is 23.9 Å². The summed E-state index contributed by atoms with van der Waals surface area (Å²) in [6.45, 7) is 0.798. The van der Waals surface area contributed by atoms with Crippen molar-refractivity contribution < 1.29 is 137 Å². The molecule has 0 aromatic heterocycles. The summed E-state index contributed by atoms with van der Waals surface area (Å²) < 4.78 is 59.7. The van der Waals surface area contributed by atoms with Gasteiger partial charge in [0, 0.05) is 29.4 Å². The molecule has 5 aliphatic heterocycles. The smallest absolute Gasteiger partial charge is 0.337 e. The molecule has 0 saturated carbocycles. The second-order valence-corrected chi connectivity index (χ2v) is 17.8. The number of aliphatic hydroxyl groups excluding tert-OH is 11. The van der Waals surface area contributed by atoms with Crippen LogP contribution in [-0.2, 0) is 82.6 Å². The van der Waals surface area contributed by atoms with Gasteiger partial charge in [-0.1, -0.05) is 24.3 Å². The Morgan fingerprint density at radius 2 is 0.974 bits per heavy atom. The number of aliphatic hydroxyl groups is 11. The summed E-state index contributed by atoms with van der Waals surface area (Å²) in [5.41, 5.74) is 0.794. The number of rotatable bonds is 20. The average molecular weight is 1090 g/mol. The lowest BCUT2D eigenvalue weighted by Gasteiger charge is -2.42. The molecule has 1 aromatic carbocycles. The fourth-order valence-corrected chi connectivity index (χ4v) is 8.71. The second kappa shape index (κ2) is 27.4. The van der Waals surface area contributed by atoms with Crippen molar-refractivity contribution in [3.63, 3.8) is 0 Å². The predicted molar refractivity (Wildman–Crippen MR) is 244 cm³/mol. The van der Waals surface area contributed by atoms with Gasteiger partial charge in [0.2, 0.25) is 18.9 Å². The van der Waals surface area contributed by atoms with E-state index in [9.17, 15) is 75.3 Å². The lowest BCUT2D eigenvalue weighted by molar-refractivity contribution is -0.387. The number of carbonyl (C=O) groups is 4. The molecule has 3 fully saturated rings. The Morgan fingerprint density at radius 3 is 1.41 bits per heavy atom. The lowest BCUT2D eigenvalue weighted by atomic mass is 9.86. The summed E-state index contributed by atoms with van der Waals surface area (Å²) in [6.07, 6.45) is -23.7. The third-order valence-electron chi connectivity index (χ3n) is 13.1. The van der Waals surface area contributed by atoms with E-state index >= 15 is 0 Å². The van der Waals surface area contributed by atoms with Crippen LogP contribution in [0.2, 0.25) is 0 Å². The van der Waals surface area contributed by atoms with Crippen LogP contribution in [0, 0.1) is 11.8 Å². The molecule has 0 radical (unpaired) electrons. The van der Waals surface area contributed by atoms with Crippen LogP contribution in [-0.4, -0.2) is 225 Å². The zero-order valence-electron chi connectivity index (χ0n) is 41.4. The van der Waals surface area contributed by atoms with Crippen molar-refractivity contribution in [2.75, 3.05) is 40.6 Å². The standard InChI is InChI=1S/C48H64O28/c1-5-22-24(26(42(62)64-3)17-68-44(22)73-46-39(59)36(56)33(53)28(15-49)70-46)13-31(51)66-12-11-20-7-9-21(10-8-20)75-76-48-41(61)38(58)35(55)30(72-48)19-67-32(52)14-25-23(6-2)45(69-18-27(25)43(63)65-4)74-47-40(60)37(57)34(54)29(16-50)71-47/h5-10,17-18,24-25,28-30,33-41,44-50,53-61H,11-16,19H2,1-4H3/b22-5-,23-6-/t24-,25-,28+,29+,30+,33+,34+,35+,36-,37-,38-,39+,40+,41+,44-,45-,46-,47-,48-/m0/s1. The first kappa shape index (κ1) is 60.0. The summed E-state index contributed by atoms with van der Waals surface area (Å²) >= 11 is 0. The summed E-state index contributed by atoms with van der Waals surface area (Å²) in [7, 11) is 2.22. The van der Waals surface area contributed by atoms with Gasteiger partial charge in [0.15, 0.2) is 18.3 Å². The van der Waals surface area contributed by atoms with Gasteiger partial charge in [0.05, 0.1) is 70.6 Å². The lowest BCUT2D eigenvalue weighted by Crippen LogP contribution is -2.60. The Labute approximate surface area is 433 Å². The highest BCUT2D eigenvalue weighted by molar-refractivity contribution is 5.91. The number of esters is 4. The van der Waals surface area contributed by atoms with Crippen molar-refractivity contribution in [3.8, 4) is 5.75 Å². The van der Waals surface area contributed by atoms with E-state index in [1.807, 2.05) is 0 Å². The minimum absolute atomic E-state index is 0.0583. The van der Waals surface area contributed by atoms with Gasteiger partial charge in [-0.05, 0) is 31.5 Å². The molecule has 28 nitrogen and oxygen atoms in total. The molecule has 3 saturated heterocycles. The zero-order valence-corrected chi connectivity index (χ0v) is 41.4. The van der Waals surface area contributed by atoms with Gasteiger partial charge in [0.1, 0.15) is 79.9 Å². The van der Waals surface area contributed by atoms with E-state index < -0.39 is 173 Å². The van der Waals surface area contributed by atoms with Gasteiger partial charge in [-0.3, -0.25) is 9.59 Å². The van der Waals surface area contributed by atoms with Gasteiger partial charge in [-0.25, -0.2) is 9.59 Å². The number of allylic oxidation sites excluding steroid dienone is 2. The van der Waals surface area contributed by atoms with Crippen LogP contribution in [0.1, 0.15) is 32.3 Å². The van der Waals surface area contributed by atoms with Crippen molar-refractivity contribution in [3.05, 3.63) is 76.8 Å². The molecule has 5 heterocycles. The summed E-state index contributed by atoms with van der Waals surface area (Å²) in [5, 5.41) is 113. The summed E-state index contributed by atoms with van der Waals surface area (Å²) in [6, 6.07) is 6.07. The molecule has 19 atom stereocenters. The van der Waals surface area contributed by atoms with Crippen molar-refractivity contribution in [1.29, 1.82) is 0 Å². The van der Waals surface area contributed by atoms with Crippen LogP contribution in [0.3, 0.4) is 0 Å². The molecule has 5 aliphatic rings. The largest absolute Gasteiger partial charge is 0.468 e. The SMILES string of the molecule is C/C=C1\[C@H](O[C@@H]2O[C@H](CO)[C@@H](O)[C@H](O)[C@H]2O)OC=C(C(=O)OC)[C@H]1CC(=O)OCCc1ccc(OO[C@@H]2O[C@H](COC(=O)C[C@@H]3C(C(=O)OC)=CO[C@@H](O[C@@H]4O[C@H](CO)[C@@H](O)[C@H](O)[C@H]4O)/C3=C\C)[C@@H](O)[C@H](O)[C@H]2O)cc1. The molecule has 11 N–H and O–H groups in total. The number of methoxy groups -OCH3 is 2.